The number of nitrogens with zero attached hydrogens (tertiary/aromatic N) is 3. The average molecular weight is 343 g/mol. The lowest BCUT2D eigenvalue weighted by Crippen LogP contribution is -2.37. The first-order valence-corrected chi connectivity index (χ1v) is 8.16. The van der Waals surface area contributed by atoms with Gasteiger partial charge >= 0.3 is 5.97 Å². The Hall–Kier alpha value is -2.87. The molecule has 0 aliphatic carbocycles. The number of nitrogen functional groups attached to an aromatic ring is 1. The molecule has 1 fully saturated rings. The van der Waals surface area contributed by atoms with Crippen molar-refractivity contribution >= 4 is 29.0 Å². The number of rotatable bonds is 5. The van der Waals surface area contributed by atoms with Crippen LogP contribution >= 0.6 is 0 Å². The first-order chi connectivity index (χ1) is 12.2. The van der Waals surface area contributed by atoms with E-state index in [9.17, 15) is 4.79 Å². The fraction of sp³-hybridized carbons (Fsp3) is 0.353. The Bertz CT molecular complexity index is 747. The highest BCUT2D eigenvalue weighted by molar-refractivity contribution is 5.91. The Morgan fingerprint density at radius 3 is 2.92 bits per heavy atom. The third kappa shape index (κ3) is 3.97. The molecular weight excluding hydrogens is 322 g/mol. The van der Waals surface area contributed by atoms with Gasteiger partial charge in [-0.2, -0.15) is 0 Å². The molecule has 1 aliphatic heterocycles. The normalized spacial score (nSPS) is 14.2. The minimum Gasteiger partial charge on any atom is -0.462 e. The third-order valence-electron chi connectivity index (χ3n) is 3.81. The Balaban J connectivity index is 1.81. The largest absolute Gasteiger partial charge is 0.462 e. The van der Waals surface area contributed by atoms with Gasteiger partial charge in [-0.3, -0.25) is 0 Å². The summed E-state index contributed by atoms with van der Waals surface area (Å²) in [6, 6.07) is 7.01. The van der Waals surface area contributed by atoms with Crippen molar-refractivity contribution in [3.63, 3.8) is 0 Å². The van der Waals surface area contributed by atoms with Gasteiger partial charge in [-0.05, 0) is 25.1 Å². The summed E-state index contributed by atoms with van der Waals surface area (Å²) in [4.78, 5) is 22.4. The van der Waals surface area contributed by atoms with Gasteiger partial charge in [-0.1, -0.05) is 6.07 Å². The molecule has 0 bridgehead atoms. The zero-order chi connectivity index (χ0) is 17.6. The standard InChI is InChI=1S/C17H21N5O3/c1-2-25-17(23)12-4-3-5-13(10-12)21-15-14(18)16(20-11-19-15)22-6-8-24-9-7-22/h3-5,10-11H,2,6-9,18H2,1H3,(H,19,20,21). The summed E-state index contributed by atoms with van der Waals surface area (Å²) in [5, 5.41) is 3.15. The molecule has 0 amide bonds. The van der Waals surface area contributed by atoms with E-state index in [0.29, 0.717) is 48.4 Å². The molecule has 132 valence electrons. The monoisotopic (exact) mass is 343 g/mol. The highest BCUT2D eigenvalue weighted by Crippen LogP contribution is 2.29. The van der Waals surface area contributed by atoms with Crippen LogP contribution in [0, 0.1) is 0 Å². The van der Waals surface area contributed by atoms with Gasteiger partial charge < -0.3 is 25.4 Å². The molecule has 1 aromatic heterocycles. The van der Waals surface area contributed by atoms with Crippen LogP contribution in [0.3, 0.4) is 0 Å². The van der Waals surface area contributed by atoms with Crippen LogP contribution in [0.25, 0.3) is 0 Å². The first kappa shape index (κ1) is 17.0. The number of nitrogens with one attached hydrogen (secondary N) is 1. The van der Waals surface area contributed by atoms with Gasteiger partial charge in [0.25, 0.3) is 0 Å². The summed E-state index contributed by atoms with van der Waals surface area (Å²) in [7, 11) is 0. The number of ether oxygens (including phenoxy) is 2. The van der Waals surface area contributed by atoms with Crippen LogP contribution < -0.4 is 16.0 Å². The van der Waals surface area contributed by atoms with Crippen molar-refractivity contribution in [2.75, 3.05) is 48.9 Å². The predicted molar refractivity (Wildman–Crippen MR) is 95.2 cm³/mol. The van der Waals surface area contributed by atoms with Gasteiger partial charge in [0.1, 0.15) is 12.0 Å². The number of aromatic nitrogens is 2. The van der Waals surface area contributed by atoms with Gasteiger partial charge in [0.05, 0.1) is 25.4 Å². The van der Waals surface area contributed by atoms with E-state index in [0.717, 1.165) is 13.1 Å². The highest BCUT2D eigenvalue weighted by atomic mass is 16.5. The van der Waals surface area contributed by atoms with Gasteiger partial charge in [-0.25, -0.2) is 14.8 Å². The SMILES string of the molecule is CCOC(=O)c1cccc(Nc2ncnc(N3CCOCC3)c2N)c1. The van der Waals surface area contributed by atoms with Crippen LogP contribution in [0.5, 0.6) is 0 Å². The number of esters is 1. The van der Waals surface area contributed by atoms with Crippen molar-refractivity contribution in [1.29, 1.82) is 0 Å². The van der Waals surface area contributed by atoms with Crippen molar-refractivity contribution in [1.82, 2.24) is 9.97 Å². The zero-order valence-electron chi connectivity index (χ0n) is 14.1. The topological polar surface area (TPSA) is 103 Å². The van der Waals surface area contributed by atoms with Crippen LogP contribution in [0.15, 0.2) is 30.6 Å². The average Bonchev–Trinajstić information content (AvgIpc) is 2.65. The van der Waals surface area contributed by atoms with Gasteiger partial charge in [0.2, 0.25) is 0 Å². The maximum atomic E-state index is 11.9. The summed E-state index contributed by atoms with van der Waals surface area (Å²) in [5.74, 6) is 0.815. The molecule has 0 atom stereocenters. The molecule has 1 saturated heterocycles. The number of anilines is 4. The van der Waals surface area contributed by atoms with Gasteiger partial charge in [-0.15, -0.1) is 0 Å². The minimum atomic E-state index is -0.365. The van der Waals surface area contributed by atoms with Crippen molar-refractivity contribution in [2.45, 2.75) is 6.92 Å². The Morgan fingerprint density at radius 1 is 1.36 bits per heavy atom. The van der Waals surface area contributed by atoms with E-state index >= 15 is 0 Å². The first-order valence-electron chi connectivity index (χ1n) is 8.16. The van der Waals surface area contributed by atoms with Crippen LogP contribution in [0.4, 0.5) is 23.0 Å². The van der Waals surface area contributed by atoms with Crippen LogP contribution in [0.1, 0.15) is 17.3 Å². The molecule has 2 heterocycles. The van der Waals surface area contributed by atoms with Crippen LogP contribution in [0.2, 0.25) is 0 Å². The second-order valence-corrected chi connectivity index (χ2v) is 5.49. The molecule has 25 heavy (non-hydrogen) atoms. The number of carbonyl (C=O) groups excluding carboxylic acids is 1. The quantitative estimate of drug-likeness (QED) is 0.793. The minimum absolute atomic E-state index is 0.332. The lowest BCUT2D eigenvalue weighted by Gasteiger charge is -2.29. The van der Waals surface area contributed by atoms with E-state index in [-0.39, 0.29) is 5.97 Å². The number of benzene rings is 1. The molecule has 0 radical (unpaired) electrons. The number of nitrogens with two attached hydrogens (primary N) is 1. The van der Waals surface area contributed by atoms with Crippen LogP contribution in [-0.2, 0) is 9.47 Å². The molecule has 3 rings (SSSR count). The lowest BCUT2D eigenvalue weighted by atomic mass is 10.2. The Labute approximate surface area is 146 Å². The van der Waals surface area contributed by atoms with Crippen molar-refractivity contribution in [2.24, 2.45) is 0 Å². The number of hydrogen-bond acceptors (Lipinski definition) is 8. The second-order valence-electron chi connectivity index (χ2n) is 5.49. The van der Waals surface area contributed by atoms with Gasteiger partial charge in [0.15, 0.2) is 11.6 Å². The second kappa shape index (κ2) is 7.80. The predicted octanol–water partition coefficient (Wildman–Crippen LogP) is 1.82. The molecule has 0 spiro atoms. The van der Waals surface area contributed by atoms with E-state index in [1.54, 1.807) is 25.1 Å². The molecular formula is C17H21N5O3. The van der Waals surface area contributed by atoms with E-state index in [1.807, 2.05) is 6.07 Å². The van der Waals surface area contributed by atoms with E-state index < -0.39 is 0 Å². The number of morpholine rings is 1. The summed E-state index contributed by atoms with van der Waals surface area (Å²) < 4.78 is 10.4. The van der Waals surface area contributed by atoms with E-state index in [4.69, 9.17) is 15.2 Å². The molecule has 2 aromatic rings. The summed E-state index contributed by atoms with van der Waals surface area (Å²) in [6.07, 6.45) is 1.47. The zero-order valence-corrected chi connectivity index (χ0v) is 14.1. The maximum absolute atomic E-state index is 11.9. The summed E-state index contributed by atoms with van der Waals surface area (Å²) in [5.41, 5.74) is 7.87. The maximum Gasteiger partial charge on any atom is 0.338 e. The van der Waals surface area contributed by atoms with E-state index in [1.165, 1.54) is 6.33 Å². The number of carbonyl (C=O) groups is 1. The van der Waals surface area contributed by atoms with Crippen molar-refractivity contribution in [3.8, 4) is 0 Å². The Morgan fingerprint density at radius 2 is 2.16 bits per heavy atom. The number of hydrogen-bond donors (Lipinski definition) is 2. The molecule has 0 saturated carbocycles. The summed E-state index contributed by atoms with van der Waals surface area (Å²) in [6.45, 7) is 4.87. The molecule has 3 N–H and O–H groups in total. The summed E-state index contributed by atoms with van der Waals surface area (Å²) >= 11 is 0. The fourth-order valence-electron chi connectivity index (χ4n) is 2.59. The highest BCUT2D eigenvalue weighted by Gasteiger charge is 2.18. The fourth-order valence-corrected chi connectivity index (χ4v) is 2.59. The molecule has 1 aliphatic rings. The molecule has 8 heteroatoms. The molecule has 8 nitrogen and oxygen atoms in total. The van der Waals surface area contributed by atoms with Crippen molar-refractivity contribution < 1.29 is 14.3 Å². The van der Waals surface area contributed by atoms with Crippen molar-refractivity contribution in [3.05, 3.63) is 36.2 Å². The lowest BCUT2D eigenvalue weighted by molar-refractivity contribution is 0.0526. The van der Waals surface area contributed by atoms with Crippen LogP contribution in [-0.4, -0.2) is 48.8 Å². The third-order valence-corrected chi connectivity index (χ3v) is 3.81. The van der Waals surface area contributed by atoms with E-state index in [2.05, 4.69) is 20.2 Å². The molecule has 0 unspecified atom stereocenters. The smallest absolute Gasteiger partial charge is 0.338 e. The molecule has 1 aromatic carbocycles. The van der Waals surface area contributed by atoms with Gasteiger partial charge in [0, 0.05) is 18.8 Å². The Kier molecular flexibility index (Phi) is 5.30.